The van der Waals surface area contributed by atoms with Gasteiger partial charge in [-0.05, 0) is 25.3 Å². The SMILES string of the molecule is Cc1c(C(=O)NC(CC(C)C)C(=O)O)cccc1[N+](=O)[O-]. The second-order valence-corrected chi connectivity index (χ2v) is 5.20. The molecular weight excluding hydrogens is 276 g/mol. The largest absolute Gasteiger partial charge is 0.480 e. The highest BCUT2D eigenvalue weighted by atomic mass is 16.6. The van der Waals surface area contributed by atoms with Gasteiger partial charge in [-0.15, -0.1) is 0 Å². The standard InChI is InChI=1S/C14H18N2O5/c1-8(2)7-11(14(18)19)15-13(17)10-5-4-6-12(9(10)3)16(20)21/h4-6,8,11H,7H2,1-3H3,(H,15,17)(H,18,19). The highest BCUT2D eigenvalue weighted by molar-refractivity contribution is 5.98. The first-order valence-corrected chi connectivity index (χ1v) is 6.51. The fraction of sp³-hybridized carbons (Fsp3) is 0.429. The van der Waals surface area contributed by atoms with Crippen molar-refractivity contribution >= 4 is 17.6 Å². The van der Waals surface area contributed by atoms with Crippen LogP contribution in [0.25, 0.3) is 0 Å². The van der Waals surface area contributed by atoms with Crippen molar-refractivity contribution in [2.75, 3.05) is 0 Å². The van der Waals surface area contributed by atoms with Crippen molar-refractivity contribution in [3.05, 3.63) is 39.4 Å². The van der Waals surface area contributed by atoms with E-state index in [9.17, 15) is 19.7 Å². The molecule has 0 aromatic heterocycles. The van der Waals surface area contributed by atoms with E-state index in [1.165, 1.54) is 25.1 Å². The average Bonchev–Trinajstić information content (AvgIpc) is 2.36. The number of carbonyl (C=O) groups is 2. The zero-order valence-electron chi connectivity index (χ0n) is 12.1. The first-order chi connectivity index (χ1) is 9.73. The van der Waals surface area contributed by atoms with Crippen molar-refractivity contribution in [1.29, 1.82) is 0 Å². The summed E-state index contributed by atoms with van der Waals surface area (Å²) < 4.78 is 0. The highest BCUT2D eigenvalue weighted by Crippen LogP contribution is 2.21. The Labute approximate surface area is 122 Å². The summed E-state index contributed by atoms with van der Waals surface area (Å²) in [6.07, 6.45) is 0.287. The Hall–Kier alpha value is -2.44. The van der Waals surface area contributed by atoms with Gasteiger partial charge in [-0.1, -0.05) is 19.9 Å². The van der Waals surface area contributed by atoms with Crippen LogP contribution < -0.4 is 5.32 Å². The maximum atomic E-state index is 12.1. The monoisotopic (exact) mass is 294 g/mol. The van der Waals surface area contributed by atoms with Crippen LogP contribution in [0.4, 0.5) is 5.69 Å². The number of nitrogens with zero attached hydrogens (tertiary/aromatic N) is 1. The Morgan fingerprint density at radius 1 is 1.38 bits per heavy atom. The number of hydrogen-bond donors (Lipinski definition) is 2. The number of carboxylic acids is 1. The molecule has 1 rings (SSSR count). The Kier molecular flexibility index (Phi) is 5.40. The van der Waals surface area contributed by atoms with Gasteiger partial charge in [0.25, 0.3) is 11.6 Å². The lowest BCUT2D eigenvalue weighted by Gasteiger charge is -2.17. The van der Waals surface area contributed by atoms with Gasteiger partial charge in [0.05, 0.1) is 4.92 Å². The van der Waals surface area contributed by atoms with Gasteiger partial charge in [-0.25, -0.2) is 4.79 Å². The molecule has 0 heterocycles. The first kappa shape index (κ1) is 16.6. The molecule has 0 spiro atoms. The normalized spacial score (nSPS) is 12.0. The Morgan fingerprint density at radius 3 is 2.48 bits per heavy atom. The second kappa shape index (κ2) is 6.83. The van der Waals surface area contributed by atoms with Crippen molar-refractivity contribution in [1.82, 2.24) is 5.32 Å². The van der Waals surface area contributed by atoms with E-state index in [2.05, 4.69) is 5.32 Å². The number of amides is 1. The number of nitrogens with one attached hydrogen (secondary N) is 1. The molecule has 0 fully saturated rings. The Balaban J connectivity index is 3.01. The van der Waals surface area contributed by atoms with Gasteiger partial charge < -0.3 is 10.4 Å². The molecule has 0 saturated carbocycles. The molecule has 2 N–H and O–H groups in total. The molecule has 1 aromatic rings. The van der Waals surface area contributed by atoms with Gasteiger partial charge in [0.2, 0.25) is 0 Å². The lowest BCUT2D eigenvalue weighted by atomic mass is 10.0. The lowest BCUT2D eigenvalue weighted by Crippen LogP contribution is -2.41. The fourth-order valence-corrected chi connectivity index (χ4v) is 2.00. The van der Waals surface area contributed by atoms with Crippen LogP contribution >= 0.6 is 0 Å². The molecule has 7 nitrogen and oxygen atoms in total. The first-order valence-electron chi connectivity index (χ1n) is 6.51. The topological polar surface area (TPSA) is 110 Å². The molecule has 0 saturated heterocycles. The van der Waals surface area contributed by atoms with Crippen LogP contribution in [0.5, 0.6) is 0 Å². The van der Waals surface area contributed by atoms with Crippen LogP contribution in [0.1, 0.15) is 36.2 Å². The van der Waals surface area contributed by atoms with Gasteiger partial charge in [0, 0.05) is 17.2 Å². The third-order valence-corrected chi connectivity index (χ3v) is 3.06. The van der Waals surface area contributed by atoms with Crippen molar-refractivity contribution in [2.45, 2.75) is 33.2 Å². The number of nitro groups is 1. The van der Waals surface area contributed by atoms with Crippen LogP contribution in [0.2, 0.25) is 0 Å². The minimum atomic E-state index is -1.12. The number of aliphatic carboxylic acids is 1. The summed E-state index contributed by atoms with van der Waals surface area (Å²) in [5.74, 6) is -1.65. The summed E-state index contributed by atoms with van der Waals surface area (Å²) in [4.78, 5) is 33.6. The van der Waals surface area contributed by atoms with E-state index in [1.54, 1.807) is 0 Å². The van der Waals surface area contributed by atoms with Crippen LogP contribution in [0, 0.1) is 23.0 Å². The third-order valence-electron chi connectivity index (χ3n) is 3.06. The van der Waals surface area contributed by atoms with Crippen LogP contribution in [0.15, 0.2) is 18.2 Å². The summed E-state index contributed by atoms with van der Waals surface area (Å²) in [7, 11) is 0. The molecule has 0 radical (unpaired) electrons. The van der Waals surface area contributed by atoms with Crippen molar-refractivity contribution in [3.63, 3.8) is 0 Å². The van der Waals surface area contributed by atoms with E-state index in [1.807, 2.05) is 13.8 Å². The van der Waals surface area contributed by atoms with E-state index in [0.717, 1.165) is 0 Å². The van der Waals surface area contributed by atoms with Crippen molar-refractivity contribution in [3.8, 4) is 0 Å². The zero-order valence-corrected chi connectivity index (χ0v) is 12.1. The molecule has 1 aromatic carbocycles. The number of rotatable bonds is 6. The molecule has 0 aliphatic carbocycles. The van der Waals surface area contributed by atoms with E-state index in [-0.39, 0.29) is 29.2 Å². The molecule has 114 valence electrons. The molecule has 1 unspecified atom stereocenters. The van der Waals surface area contributed by atoms with Gasteiger partial charge >= 0.3 is 5.97 Å². The quantitative estimate of drug-likeness (QED) is 0.617. The molecular formula is C14H18N2O5. The number of carboxylic acid groups (broad SMARTS) is 1. The Bertz CT molecular complexity index is 568. The van der Waals surface area contributed by atoms with Gasteiger partial charge in [-0.3, -0.25) is 14.9 Å². The molecule has 21 heavy (non-hydrogen) atoms. The third kappa shape index (κ3) is 4.27. The smallest absolute Gasteiger partial charge is 0.326 e. The van der Waals surface area contributed by atoms with E-state index in [0.29, 0.717) is 0 Å². The van der Waals surface area contributed by atoms with E-state index in [4.69, 9.17) is 5.11 Å². The molecule has 7 heteroatoms. The summed E-state index contributed by atoms with van der Waals surface area (Å²) in [6, 6.07) is 3.12. The second-order valence-electron chi connectivity index (χ2n) is 5.20. The molecule has 0 aliphatic heterocycles. The molecule has 0 aliphatic rings. The van der Waals surface area contributed by atoms with Crippen LogP contribution in [0.3, 0.4) is 0 Å². The van der Waals surface area contributed by atoms with Gasteiger partial charge in [0.15, 0.2) is 0 Å². The van der Waals surface area contributed by atoms with E-state index < -0.39 is 22.8 Å². The minimum Gasteiger partial charge on any atom is -0.480 e. The predicted molar refractivity (Wildman–Crippen MR) is 76.2 cm³/mol. The molecule has 1 amide bonds. The Morgan fingerprint density at radius 2 is 2.00 bits per heavy atom. The number of benzene rings is 1. The maximum Gasteiger partial charge on any atom is 0.326 e. The maximum absolute atomic E-state index is 12.1. The van der Waals surface area contributed by atoms with Gasteiger partial charge in [0.1, 0.15) is 6.04 Å². The van der Waals surface area contributed by atoms with E-state index >= 15 is 0 Å². The van der Waals surface area contributed by atoms with Crippen molar-refractivity contribution in [2.24, 2.45) is 5.92 Å². The molecule has 1 atom stereocenters. The summed E-state index contributed by atoms with van der Waals surface area (Å²) in [6.45, 7) is 5.16. The number of nitro benzene ring substituents is 1. The lowest BCUT2D eigenvalue weighted by molar-refractivity contribution is -0.385. The molecule has 0 bridgehead atoms. The number of hydrogen-bond acceptors (Lipinski definition) is 4. The zero-order chi connectivity index (χ0) is 16.2. The highest BCUT2D eigenvalue weighted by Gasteiger charge is 2.24. The fourth-order valence-electron chi connectivity index (χ4n) is 2.00. The van der Waals surface area contributed by atoms with Crippen LogP contribution in [-0.2, 0) is 4.79 Å². The van der Waals surface area contributed by atoms with Crippen LogP contribution in [-0.4, -0.2) is 27.9 Å². The van der Waals surface area contributed by atoms with Gasteiger partial charge in [-0.2, -0.15) is 0 Å². The number of carbonyl (C=O) groups excluding carboxylic acids is 1. The van der Waals surface area contributed by atoms with Crippen molar-refractivity contribution < 1.29 is 19.6 Å². The summed E-state index contributed by atoms with van der Waals surface area (Å²) in [5, 5.41) is 22.4. The minimum absolute atomic E-state index is 0.0950. The average molecular weight is 294 g/mol. The summed E-state index contributed by atoms with van der Waals surface area (Å²) >= 11 is 0. The predicted octanol–water partition coefficient (Wildman–Crippen LogP) is 2.13. The summed E-state index contributed by atoms with van der Waals surface area (Å²) in [5.41, 5.74) is 0.159.